The van der Waals surface area contributed by atoms with Crippen LogP contribution in [0, 0.1) is 0 Å². The number of nitrogens with one attached hydrogen (secondary N) is 1. The Kier molecular flexibility index (Phi) is 6.60. The van der Waals surface area contributed by atoms with E-state index in [1.807, 2.05) is 37.3 Å². The minimum atomic E-state index is -0.198. The Morgan fingerprint density at radius 2 is 1.89 bits per heavy atom. The second kappa shape index (κ2) is 9.32. The summed E-state index contributed by atoms with van der Waals surface area (Å²) in [6.07, 6.45) is 0.885. The summed E-state index contributed by atoms with van der Waals surface area (Å²) in [6.45, 7) is 2.79. The number of benzene rings is 2. The van der Waals surface area contributed by atoms with E-state index in [0.717, 1.165) is 10.2 Å². The van der Waals surface area contributed by atoms with E-state index >= 15 is 0 Å². The van der Waals surface area contributed by atoms with Crippen LogP contribution >= 0.6 is 11.3 Å². The van der Waals surface area contributed by atoms with Crippen molar-refractivity contribution in [2.45, 2.75) is 19.8 Å². The van der Waals surface area contributed by atoms with Crippen LogP contribution in [0.3, 0.4) is 0 Å². The van der Waals surface area contributed by atoms with Gasteiger partial charge in [0.25, 0.3) is 5.91 Å². The average molecular weight is 398 g/mol. The van der Waals surface area contributed by atoms with Crippen molar-refractivity contribution in [2.75, 3.05) is 25.1 Å². The lowest BCUT2D eigenvalue weighted by molar-refractivity contribution is -0.118. The smallest absolute Gasteiger partial charge is 0.255 e. The monoisotopic (exact) mass is 397 g/mol. The lowest BCUT2D eigenvalue weighted by atomic mass is 10.2. The number of carbonyl (C=O) groups excluding carboxylic acids is 2. The Morgan fingerprint density at radius 3 is 2.68 bits per heavy atom. The zero-order valence-electron chi connectivity index (χ0n) is 16.0. The fourth-order valence-corrected chi connectivity index (χ4v) is 3.69. The molecule has 0 bridgehead atoms. The first-order chi connectivity index (χ1) is 13.6. The number of para-hydroxylation sites is 2. The molecule has 0 aliphatic rings. The van der Waals surface area contributed by atoms with E-state index in [9.17, 15) is 9.59 Å². The summed E-state index contributed by atoms with van der Waals surface area (Å²) >= 11 is 1.49. The van der Waals surface area contributed by atoms with E-state index in [-0.39, 0.29) is 11.8 Å². The number of carbonyl (C=O) groups is 2. The molecule has 0 saturated heterocycles. The summed E-state index contributed by atoms with van der Waals surface area (Å²) in [6, 6.07) is 14.9. The second-order valence-electron chi connectivity index (χ2n) is 6.21. The van der Waals surface area contributed by atoms with Crippen LogP contribution in [0.5, 0.6) is 5.75 Å². The minimum Gasteiger partial charge on any atom is -0.493 e. The van der Waals surface area contributed by atoms with Gasteiger partial charge in [0.1, 0.15) is 5.75 Å². The van der Waals surface area contributed by atoms with E-state index in [1.54, 1.807) is 30.1 Å². The molecular formula is C21H23N3O3S. The summed E-state index contributed by atoms with van der Waals surface area (Å²) in [5.74, 6) is 0.341. The first kappa shape index (κ1) is 19.8. The van der Waals surface area contributed by atoms with Crippen molar-refractivity contribution < 1.29 is 14.3 Å². The SMILES string of the molecule is CCOc1ccccc1C(=O)NCCCC(=O)N(C)c1nc2ccccc2s1. The number of thiazole rings is 1. The van der Waals surface area contributed by atoms with Crippen molar-refractivity contribution in [1.29, 1.82) is 0 Å². The molecule has 0 spiro atoms. The highest BCUT2D eigenvalue weighted by molar-refractivity contribution is 7.22. The highest BCUT2D eigenvalue weighted by atomic mass is 32.1. The third-order valence-corrected chi connectivity index (χ3v) is 5.34. The number of ether oxygens (including phenoxy) is 1. The Morgan fingerprint density at radius 1 is 1.14 bits per heavy atom. The quantitative estimate of drug-likeness (QED) is 0.586. The standard InChI is InChI=1S/C21H23N3O3S/c1-3-27-17-11-6-4-9-15(17)20(26)22-14-8-13-19(25)24(2)21-23-16-10-5-7-12-18(16)28-21/h4-7,9-12H,3,8,13-14H2,1-2H3,(H,22,26). The maximum absolute atomic E-state index is 12.4. The topological polar surface area (TPSA) is 71.5 Å². The Hall–Kier alpha value is -2.93. The molecule has 0 radical (unpaired) electrons. The van der Waals surface area contributed by atoms with Crippen molar-refractivity contribution in [3.05, 3.63) is 54.1 Å². The van der Waals surface area contributed by atoms with Gasteiger partial charge in [-0.1, -0.05) is 35.6 Å². The number of hydrogen-bond acceptors (Lipinski definition) is 5. The number of anilines is 1. The largest absolute Gasteiger partial charge is 0.493 e. The summed E-state index contributed by atoms with van der Waals surface area (Å²) in [5, 5.41) is 3.53. The second-order valence-corrected chi connectivity index (χ2v) is 7.21. The minimum absolute atomic E-state index is 0.0250. The molecule has 2 amide bonds. The molecule has 7 heteroatoms. The van der Waals surface area contributed by atoms with Crippen LogP contribution in [0.1, 0.15) is 30.1 Å². The number of rotatable bonds is 8. The molecule has 0 atom stereocenters. The van der Waals surface area contributed by atoms with Crippen molar-refractivity contribution in [3.63, 3.8) is 0 Å². The summed E-state index contributed by atoms with van der Waals surface area (Å²) < 4.78 is 6.53. The van der Waals surface area contributed by atoms with Gasteiger partial charge in [0.2, 0.25) is 5.91 Å². The summed E-state index contributed by atoms with van der Waals surface area (Å²) in [4.78, 5) is 30.9. The molecule has 3 rings (SSSR count). The van der Waals surface area contributed by atoms with Gasteiger partial charge in [0.05, 0.1) is 22.4 Å². The maximum Gasteiger partial charge on any atom is 0.255 e. The van der Waals surface area contributed by atoms with Gasteiger partial charge in [-0.2, -0.15) is 0 Å². The highest BCUT2D eigenvalue weighted by Crippen LogP contribution is 2.28. The van der Waals surface area contributed by atoms with Crippen LogP contribution in [0.15, 0.2) is 48.5 Å². The van der Waals surface area contributed by atoms with Crippen molar-refractivity contribution in [3.8, 4) is 5.75 Å². The third-order valence-electron chi connectivity index (χ3n) is 4.23. The van der Waals surface area contributed by atoms with Gasteiger partial charge in [-0.05, 0) is 37.6 Å². The van der Waals surface area contributed by atoms with Gasteiger partial charge in [0.15, 0.2) is 5.13 Å². The molecule has 146 valence electrons. The van der Waals surface area contributed by atoms with Gasteiger partial charge >= 0.3 is 0 Å². The van der Waals surface area contributed by atoms with Crippen molar-refractivity contribution in [1.82, 2.24) is 10.3 Å². The Labute approximate surface area is 168 Å². The van der Waals surface area contributed by atoms with Crippen LogP contribution in [0.25, 0.3) is 10.2 Å². The molecule has 1 aromatic heterocycles. The number of amides is 2. The first-order valence-electron chi connectivity index (χ1n) is 9.22. The van der Waals surface area contributed by atoms with E-state index in [2.05, 4.69) is 10.3 Å². The van der Waals surface area contributed by atoms with E-state index < -0.39 is 0 Å². The van der Waals surface area contributed by atoms with Crippen molar-refractivity contribution >= 4 is 38.5 Å². The van der Waals surface area contributed by atoms with Gasteiger partial charge in [-0.3, -0.25) is 14.5 Å². The van der Waals surface area contributed by atoms with E-state index in [0.29, 0.717) is 42.4 Å². The number of nitrogens with zero attached hydrogens (tertiary/aromatic N) is 2. The number of fused-ring (bicyclic) bond motifs is 1. The fourth-order valence-electron chi connectivity index (χ4n) is 2.75. The van der Waals surface area contributed by atoms with Gasteiger partial charge in [-0.15, -0.1) is 0 Å². The van der Waals surface area contributed by atoms with E-state index in [4.69, 9.17) is 4.74 Å². The zero-order chi connectivity index (χ0) is 19.9. The molecule has 2 aromatic carbocycles. The summed E-state index contributed by atoms with van der Waals surface area (Å²) in [5.41, 5.74) is 1.39. The molecule has 0 saturated carbocycles. The molecule has 0 unspecified atom stereocenters. The Balaban J connectivity index is 1.49. The molecule has 3 aromatic rings. The number of hydrogen-bond donors (Lipinski definition) is 1. The molecule has 1 N–H and O–H groups in total. The Bertz CT molecular complexity index is 937. The van der Waals surface area contributed by atoms with Crippen LogP contribution in [-0.4, -0.2) is 37.0 Å². The predicted molar refractivity (Wildman–Crippen MR) is 112 cm³/mol. The lowest BCUT2D eigenvalue weighted by Crippen LogP contribution is -2.29. The fraction of sp³-hybridized carbons (Fsp3) is 0.286. The van der Waals surface area contributed by atoms with Gasteiger partial charge < -0.3 is 10.1 Å². The third kappa shape index (κ3) is 4.67. The van der Waals surface area contributed by atoms with Gasteiger partial charge in [0, 0.05) is 20.0 Å². The highest BCUT2D eigenvalue weighted by Gasteiger charge is 2.16. The number of aromatic nitrogens is 1. The van der Waals surface area contributed by atoms with Crippen LogP contribution < -0.4 is 15.0 Å². The van der Waals surface area contributed by atoms with Crippen LogP contribution in [0.2, 0.25) is 0 Å². The predicted octanol–water partition coefficient (Wildman–Crippen LogP) is 3.87. The molecule has 6 nitrogen and oxygen atoms in total. The molecular weight excluding hydrogens is 374 g/mol. The normalized spacial score (nSPS) is 10.6. The van der Waals surface area contributed by atoms with Gasteiger partial charge in [-0.25, -0.2) is 4.98 Å². The van der Waals surface area contributed by atoms with Crippen LogP contribution in [0.4, 0.5) is 5.13 Å². The van der Waals surface area contributed by atoms with E-state index in [1.165, 1.54) is 11.3 Å². The molecule has 28 heavy (non-hydrogen) atoms. The molecule has 0 aliphatic carbocycles. The summed E-state index contributed by atoms with van der Waals surface area (Å²) in [7, 11) is 1.73. The molecule has 0 aliphatic heterocycles. The van der Waals surface area contributed by atoms with Crippen molar-refractivity contribution in [2.24, 2.45) is 0 Å². The maximum atomic E-state index is 12.4. The molecule has 0 fully saturated rings. The first-order valence-corrected chi connectivity index (χ1v) is 10.0. The lowest BCUT2D eigenvalue weighted by Gasteiger charge is -2.14. The molecule has 1 heterocycles. The van der Waals surface area contributed by atoms with Crippen LogP contribution in [-0.2, 0) is 4.79 Å². The zero-order valence-corrected chi connectivity index (χ0v) is 16.8. The average Bonchev–Trinajstić information content (AvgIpc) is 3.15.